The number of carbonyl (C=O) groups excluding carboxylic acids is 3. The van der Waals surface area contributed by atoms with Crippen molar-refractivity contribution < 1.29 is 18.8 Å². The van der Waals surface area contributed by atoms with Crippen molar-refractivity contribution in [1.82, 2.24) is 20.0 Å². The van der Waals surface area contributed by atoms with Gasteiger partial charge < -0.3 is 20.0 Å². The van der Waals surface area contributed by atoms with Gasteiger partial charge in [-0.05, 0) is 63.8 Å². The molecule has 1 atom stereocenters. The molecular weight excluding hydrogens is 461 g/mol. The fourth-order valence-electron chi connectivity index (χ4n) is 5.84. The number of likely N-dealkylation sites (N-methyl/N-ethyl adjacent to an activating group) is 1. The minimum Gasteiger partial charge on any atom is -0.369 e. The second-order valence-corrected chi connectivity index (χ2v) is 11.2. The summed E-state index contributed by atoms with van der Waals surface area (Å²) >= 11 is 0. The van der Waals surface area contributed by atoms with Gasteiger partial charge in [0.2, 0.25) is 17.7 Å². The molecule has 0 radical (unpaired) electrons. The Balaban J connectivity index is 1.23. The van der Waals surface area contributed by atoms with Crippen LogP contribution in [0.1, 0.15) is 46.5 Å². The van der Waals surface area contributed by atoms with Crippen LogP contribution >= 0.6 is 0 Å². The van der Waals surface area contributed by atoms with E-state index in [0.717, 1.165) is 51.3 Å². The van der Waals surface area contributed by atoms with Crippen LogP contribution in [-0.2, 0) is 14.4 Å². The maximum atomic E-state index is 13.2. The van der Waals surface area contributed by atoms with E-state index in [2.05, 4.69) is 15.1 Å². The second kappa shape index (κ2) is 10.4. The van der Waals surface area contributed by atoms with Crippen LogP contribution in [0.25, 0.3) is 0 Å². The fraction of sp³-hybridized carbons (Fsp3) is 0.667. The number of nitrogens with zero attached hydrogens (tertiary/aromatic N) is 4. The number of piperazine rings is 1. The minimum atomic E-state index is -0.905. The summed E-state index contributed by atoms with van der Waals surface area (Å²) in [7, 11) is 1.66. The van der Waals surface area contributed by atoms with E-state index in [-0.39, 0.29) is 35.0 Å². The molecule has 3 heterocycles. The summed E-state index contributed by atoms with van der Waals surface area (Å²) in [4.78, 5) is 45.9. The van der Waals surface area contributed by atoms with Crippen LogP contribution in [0.3, 0.4) is 0 Å². The van der Waals surface area contributed by atoms with Crippen molar-refractivity contribution in [3.63, 3.8) is 0 Å². The van der Waals surface area contributed by atoms with E-state index in [9.17, 15) is 18.8 Å². The number of amides is 3. The molecule has 0 aliphatic carbocycles. The number of hydrogen-bond acceptors (Lipinski definition) is 5. The van der Waals surface area contributed by atoms with Crippen molar-refractivity contribution in [2.24, 2.45) is 5.41 Å². The summed E-state index contributed by atoms with van der Waals surface area (Å²) < 4.78 is 13.2. The normalized spacial score (nSPS) is 22.6. The average Bonchev–Trinajstić information content (AvgIpc) is 3.17. The van der Waals surface area contributed by atoms with Gasteiger partial charge in [0, 0.05) is 71.5 Å². The highest BCUT2D eigenvalue weighted by molar-refractivity contribution is 5.91. The molecule has 3 fully saturated rings. The lowest BCUT2D eigenvalue weighted by molar-refractivity contribution is -0.152. The lowest BCUT2D eigenvalue weighted by Gasteiger charge is -2.43. The number of halogens is 1. The van der Waals surface area contributed by atoms with Gasteiger partial charge in [0.05, 0.1) is 5.41 Å². The van der Waals surface area contributed by atoms with E-state index in [1.54, 1.807) is 20.9 Å². The molecule has 0 bridgehead atoms. The highest BCUT2D eigenvalue weighted by Gasteiger charge is 2.50. The van der Waals surface area contributed by atoms with Crippen LogP contribution in [0, 0.1) is 11.2 Å². The van der Waals surface area contributed by atoms with Gasteiger partial charge in [-0.3, -0.25) is 19.3 Å². The number of carbonyl (C=O) groups is 3. The first-order valence-corrected chi connectivity index (χ1v) is 13.1. The highest BCUT2D eigenvalue weighted by atomic mass is 19.1. The molecule has 1 aromatic carbocycles. The molecule has 36 heavy (non-hydrogen) atoms. The van der Waals surface area contributed by atoms with Gasteiger partial charge in [0.15, 0.2) is 0 Å². The summed E-state index contributed by atoms with van der Waals surface area (Å²) in [5, 5.41) is 3.23. The highest BCUT2D eigenvalue weighted by Crippen LogP contribution is 2.41. The Bertz CT molecular complexity index is 966. The lowest BCUT2D eigenvalue weighted by Crippen LogP contribution is -2.58. The van der Waals surface area contributed by atoms with Crippen LogP contribution in [-0.4, -0.2) is 96.9 Å². The zero-order valence-corrected chi connectivity index (χ0v) is 22.1. The van der Waals surface area contributed by atoms with Gasteiger partial charge in [-0.25, -0.2) is 4.39 Å². The molecule has 3 aliphatic rings. The fourth-order valence-corrected chi connectivity index (χ4v) is 5.84. The van der Waals surface area contributed by atoms with Crippen LogP contribution in [0.2, 0.25) is 0 Å². The van der Waals surface area contributed by atoms with E-state index < -0.39 is 5.54 Å². The van der Waals surface area contributed by atoms with Crippen LogP contribution in [0.4, 0.5) is 10.1 Å². The molecule has 3 amide bonds. The minimum absolute atomic E-state index is 0.0650. The molecule has 4 rings (SSSR count). The monoisotopic (exact) mass is 501 g/mol. The number of likely N-dealkylation sites (tertiary alicyclic amines) is 1. The molecule has 3 saturated heterocycles. The van der Waals surface area contributed by atoms with Crippen molar-refractivity contribution in [3.05, 3.63) is 30.1 Å². The molecule has 1 aromatic rings. The van der Waals surface area contributed by atoms with Gasteiger partial charge in [-0.15, -0.1) is 0 Å². The SMILES string of the molecule is CC(=O)N(C)C(C)(C)C(=O)N1CCC2(CC1)C[C@H](CCN1CCN(c3ccc(F)cc3)CC1)NC2=O. The Morgan fingerprint density at radius 2 is 1.69 bits per heavy atom. The van der Waals surface area contributed by atoms with Crippen LogP contribution in [0.5, 0.6) is 0 Å². The third kappa shape index (κ3) is 5.36. The van der Waals surface area contributed by atoms with Gasteiger partial charge in [-0.1, -0.05) is 0 Å². The van der Waals surface area contributed by atoms with Crippen LogP contribution in [0.15, 0.2) is 24.3 Å². The van der Waals surface area contributed by atoms with Gasteiger partial charge in [0.25, 0.3) is 0 Å². The predicted octanol–water partition coefficient (Wildman–Crippen LogP) is 2.09. The van der Waals surface area contributed by atoms with Crippen molar-refractivity contribution in [1.29, 1.82) is 0 Å². The van der Waals surface area contributed by atoms with Crippen molar-refractivity contribution in [3.8, 4) is 0 Å². The summed E-state index contributed by atoms with van der Waals surface area (Å²) in [6, 6.07) is 6.84. The Kier molecular flexibility index (Phi) is 7.59. The Morgan fingerprint density at radius 1 is 1.08 bits per heavy atom. The van der Waals surface area contributed by atoms with E-state index >= 15 is 0 Å². The van der Waals surface area contributed by atoms with Crippen molar-refractivity contribution >= 4 is 23.4 Å². The number of nitrogens with one attached hydrogen (secondary N) is 1. The summed E-state index contributed by atoms with van der Waals surface area (Å²) in [5.41, 5.74) is -0.237. The lowest BCUT2D eigenvalue weighted by atomic mass is 9.75. The molecule has 9 heteroatoms. The maximum Gasteiger partial charge on any atom is 0.247 e. The Hall–Kier alpha value is -2.68. The van der Waals surface area contributed by atoms with E-state index in [1.807, 2.05) is 17.0 Å². The van der Waals surface area contributed by atoms with Gasteiger partial charge in [-0.2, -0.15) is 0 Å². The molecule has 1 spiro atoms. The first-order chi connectivity index (χ1) is 17.0. The van der Waals surface area contributed by atoms with Crippen molar-refractivity contribution in [2.75, 3.05) is 57.8 Å². The average molecular weight is 502 g/mol. The number of anilines is 1. The Morgan fingerprint density at radius 3 is 2.28 bits per heavy atom. The molecule has 198 valence electrons. The largest absolute Gasteiger partial charge is 0.369 e. The Labute approximate surface area is 213 Å². The first kappa shape index (κ1) is 26.4. The zero-order valence-electron chi connectivity index (χ0n) is 22.1. The summed E-state index contributed by atoms with van der Waals surface area (Å²) in [6.07, 6.45) is 3.07. The molecule has 8 nitrogen and oxygen atoms in total. The molecule has 0 saturated carbocycles. The van der Waals surface area contributed by atoms with Gasteiger partial charge in [0.1, 0.15) is 11.4 Å². The quantitative estimate of drug-likeness (QED) is 0.646. The summed E-state index contributed by atoms with van der Waals surface area (Å²) in [6.45, 7) is 10.8. The van der Waals surface area contributed by atoms with Crippen molar-refractivity contribution in [2.45, 2.75) is 58.0 Å². The number of piperidine rings is 1. The summed E-state index contributed by atoms with van der Waals surface area (Å²) in [5.74, 6) is -0.294. The first-order valence-electron chi connectivity index (χ1n) is 13.1. The topological polar surface area (TPSA) is 76.2 Å². The molecule has 1 N–H and O–H groups in total. The second-order valence-electron chi connectivity index (χ2n) is 11.2. The molecule has 3 aliphatic heterocycles. The number of benzene rings is 1. The smallest absolute Gasteiger partial charge is 0.247 e. The maximum absolute atomic E-state index is 13.2. The number of rotatable bonds is 6. The molecule has 0 aromatic heterocycles. The standard InChI is InChI=1S/C27H40FN5O3/c1-20(34)30(4)26(2,3)25(36)33-13-10-27(11-14-33)19-22(29-24(27)35)9-12-31-15-17-32(18-16-31)23-7-5-21(28)6-8-23/h5-8,22H,9-19H2,1-4H3,(H,29,35)/t22-/m0/s1. The van der Waals surface area contributed by atoms with Crippen LogP contribution < -0.4 is 10.2 Å². The van der Waals surface area contributed by atoms with E-state index in [0.29, 0.717) is 25.9 Å². The predicted molar refractivity (Wildman–Crippen MR) is 137 cm³/mol. The number of hydrogen-bond donors (Lipinski definition) is 1. The van der Waals surface area contributed by atoms with E-state index in [1.165, 1.54) is 24.0 Å². The third-order valence-corrected chi connectivity index (χ3v) is 8.65. The van der Waals surface area contributed by atoms with Gasteiger partial charge >= 0.3 is 0 Å². The molecule has 0 unspecified atom stereocenters. The van der Waals surface area contributed by atoms with E-state index in [4.69, 9.17) is 0 Å². The zero-order chi connectivity index (χ0) is 26.1. The third-order valence-electron chi connectivity index (χ3n) is 8.65. The molecular formula is C27H40FN5O3.